The quantitative estimate of drug-likeness (QED) is 0.696. The largest absolute Gasteiger partial charge is 0.399 e. The molecule has 4 N–H and O–H groups in total. The fraction of sp³-hybridized carbons (Fsp3) is 0.538. The number of hydrogen-bond acceptors (Lipinski definition) is 4. The minimum absolute atomic E-state index is 0.555. The fourth-order valence-corrected chi connectivity index (χ4v) is 1.98. The van der Waals surface area contributed by atoms with Crippen molar-refractivity contribution in [3.63, 3.8) is 0 Å². The van der Waals surface area contributed by atoms with Gasteiger partial charge in [-0.3, -0.25) is 0 Å². The van der Waals surface area contributed by atoms with Crippen LogP contribution in [0.25, 0.3) is 0 Å². The molecule has 4 nitrogen and oxygen atoms in total. The molecule has 0 saturated carbocycles. The molecular weight excluding hydrogens is 216 g/mol. The molecule has 1 saturated heterocycles. The van der Waals surface area contributed by atoms with Crippen molar-refractivity contribution in [2.45, 2.75) is 25.4 Å². The third-order valence-electron chi connectivity index (χ3n) is 3.31. The highest BCUT2D eigenvalue weighted by molar-refractivity contribution is 5.56. The number of anilines is 2. The summed E-state index contributed by atoms with van der Waals surface area (Å²) in [6, 6.07) is 5.81. The number of nitrogen functional groups attached to an aromatic ring is 1. The Bertz CT molecular complexity index is 387. The molecule has 2 rings (SSSR count). The average Bonchev–Trinajstić information content (AvgIpc) is 2.32. The van der Waals surface area contributed by atoms with Crippen LogP contribution in [0.1, 0.15) is 18.4 Å². The van der Waals surface area contributed by atoms with Crippen molar-refractivity contribution in [2.24, 2.45) is 0 Å². The maximum absolute atomic E-state index is 10.3. The van der Waals surface area contributed by atoms with Crippen LogP contribution in [-0.4, -0.2) is 30.5 Å². The van der Waals surface area contributed by atoms with Crippen molar-refractivity contribution in [1.82, 2.24) is 0 Å². The lowest BCUT2D eigenvalue weighted by molar-refractivity contribution is -0.0543. The molecule has 17 heavy (non-hydrogen) atoms. The van der Waals surface area contributed by atoms with Gasteiger partial charge in [0.1, 0.15) is 0 Å². The van der Waals surface area contributed by atoms with E-state index >= 15 is 0 Å². The van der Waals surface area contributed by atoms with E-state index in [1.807, 2.05) is 25.1 Å². The molecule has 1 aliphatic heterocycles. The van der Waals surface area contributed by atoms with Gasteiger partial charge in [0.2, 0.25) is 0 Å². The monoisotopic (exact) mass is 236 g/mol. The van der Waals surface area contributed by atoms with E-state index in [-0.39, 0.29) is 0 Å². The Balaban J connectivity index is 1.94. The summed E-state index contributed by atoms with van der Waals surface area (Å²) < 4.78 is 5.25. The standard InChI is InChI=1S/C13H20N2O2/c1-10-8-11(2-3-12(10)14)15-9-13(16)4-6-17-7-5-13/h2-3,8,15-16H,4-7,9,14H2,1H3. The van der Waals surface area contributed by atoms with Crippen molar-refractivity contribution in [2.75, 3.05) is 30.8 Å². The zero-order chi connectivity index (χ0) is 12.3. The van der Waals surface area contributed by atoms with Gasteiger partial charge in [0.25, 0.3) is 0 Å². The SMILES string of the molecule is Cc1cc(NCC2(O)CCOCC2)ccc1N. The fourth-order valence-electron chi connectivity index (χ4n) is 1.98. The molecule has 0 bridgehead atoms. The molecule has 0 atom stereocenters. The molecule has 94 valence electrons. The third-order valence-corrected chi connectivity index (χ3v) is 3.31. The van der Waals surface area contributed by atoms with Gasteiger partial charge in [-0.25, -0.2) is 0 Å². The van der Waals surface area contributed by atoms with E-state index in [0.29, 0.717) is 32.6 Å². The van der Waals surface area contributed by atoms with E-state index in [2.05, 4.69) is 5.32 Å². The summed E-state index contributed by atoms with van der Waals surface area (Å²) in [7, 11) is 0. The van der Waals surface area contributed by atoms with Crippen molar-refractivity contribution < 1.29 is 9.84 Å². The first kappa shape index (κ1) is 12.2. The van der Waals surface area contributed by atoms with E-state index in [1.54, 1.807) is 0 Å². The first-order valence-corrected chi connectivity index (χ1v) is 5.99. The highest BCUT2D eigenvalue weighted by atomic mass is 16.5. The second-order valence-corrected chi connectivity index (χ2v) is 4.76. The van der Waals surface area contributed by atoms with Gasteiger partial charge in [-0.2, -0.15) is 0 Å². The average molecular weight is 236 g/mol. The second kappa shape index (κ2) is 4.94. The minimum atomic E-state index is -0.645. The highest BCUT2D eigenvalue weighted by Gasteiger charge is 2.29. The Labute approximate surface area is 102 Å². The Morgan fingerprint density at radius 3 is 2.76 bits per heavy atom. The van der Waals surface area contributed by atoms with Crippen molar-refractivity contribution in [1.29, 1.82) is 0 Å². The van der Waals surface area contributed by atoms with Crippen LogP contribution in [-0.2, 0) is 4.74 Å². The summed E-state index contributed by atoms with van der Waals surface area (Å²) in [5.41, 5.74) is 7.95. The Hall–Kier alpha value is -1.26. The summed E-state index contributed by atoms with van der Waals surface area (Å²) in [4.78, 5) is 0. The Morgan fingerprint density at radius 1 is 1.41 bits per heavy atom. The zero-order valence-corrected chi connectivity index (χ0v) is 10.2. The molecule has 0 radical (unpaired) electrons. The van der Waals surface area contributed by atoms with Crippen LogP contribution in [0.5, 0.6) is 0 Å². The Morgan fingerprint density at radius 2 is 2.12 bits per heavy atom. The van der Waals surface area contributed by atoms with Gasteiger partial charge in [0.15, 0.2) is 0 Å². The molecule has 4 heteroatoms. The van der Waals surface area contributed by atoms with Gasteiger partial charge < -0.3 is 20.9 Å². The zero-order valence-electron chi connectivity index (χ0n) is 10.2. The van der Waals surface area contributed by atoms with E-state index in [9.17, 15) is 5.11 Å². The van der Waals surface area contributed by atoms with Gasteiger partial charge in [-0.05, 0) is 30.7 Å². The first-order chi connectivity index (χ1) is 8.09. The summed E-state index contributed by atoms with van der Waals surface area (Å²) in [6.45, 7) is 3.81. The summed E-state index contributed by atoms with van der Waals surface area (Å²) in [5, 5.41) is 13.6. The smallest absolute Gasteiger partial charge is 0.0863 e. The van der Waals surface area contributed by atoms with Crippen LogP contribution in [0.3, 0.4) is 0 Å². The number of aliphatic hydroxyl groups is 1. The molecule has 1 fully saturated rings. The van der Waals surface area contributed by atoms with E-state index < -0.39 is 5.60 Å². The summed E-state index contributed by atoms with van der Waals surface area (Å²) >= 11 is 0. The lowest BCUT2D eigenvalue weighted by atomic mass is 9.94. The van der Waals surface area contributed by atoms with Crippen LogP contribution in [0.15, 0.2) is 18.2 Å². The van der Waals surface area contributed by atoms with Gasteiger partial charge in [0.05, 0.1) is 5.60 Å². The second-order valence-electron chi connectivity index (χ2n) is 4.76. The molecule has 1 aliphatic rings. The maximum atomic E-state index is 10.3. The lowest BCUT2D eigenvalue weighted by Crippen LogP contribution is -2.42. The Kier molecular flexibility index (Phi) is 3.54. The molecule has 0 unspecified atom stereocenters. The number of aryl methyl sites for hydroxylation is 1. The van der Waals surface area contributed by atoms with E-state index in [0.717, 1.165) is 16.9 Å². The molecule has 1 aromatic rings. The first-order valence-electron chi connectivity index (χ1n) is 5.99. The summed E-state index contributed by atoms with van der Waals surface area (Å²) in [6.07, 6.45) is 1.38. The molecule has 0 amide bonds. The predicted octanol–water partition coefficient (Wildman–Crippen LogP) is 1.53. The van der Waals surface area contributed by atoms with Gasteiger partial charge in [-0.15, -0.1) is 0 Å². The van der Waals surface area contributed by atoms with Crippen LogP contribution in [0, 0.1) is 6.92 Å². The van der Waals surface area contributed by atoms with Crippen LogP contribution < -0.4 is 11.1 Å². The maximum Gasteiger partial charge on any atom is 0.0863 e. The molecule has 1 heterocycles. The normalized spacial score (nSPS) is 18.9. The number of nitrogens with one attached hydrogen (secondary N) is 1. The number of hydrogen-bond donors (Lipinski definition) is 3. The highest BCUT2D eigenvalue weighted by Crippen LogP contribution is 2.22. The van der Waals surface area contributed by atoms with Crippen LogP contribution in [0.4, 0.5) is 11.4 Å². The number of ether oxygens (including phenoxy) is 1. The molecule has 0 aromatic heterocycles. The van der Waals surface area contributed by atoms with Crippen molar-refractivity contribution in [3.8, 4) is 0 Å². The van der Waals surface area contributed by atoms with E-state index in [4.69, 9.17) is 10.5 Å². The predicted molar refractivity (Wildman–Crippen MR) is 69.1 cm³/mol. The minimum Gasteiger partial charge on any atom is -0.399 e. The van der Waals surface area contributed by atoms with Gasteiger partial charge in [0, 0.05) is 44.0 Å². The topological polar surface area (TPSA) is 67.5 Å². The van der Waals surface area contributed by atoms with Crippen molar-refractivity contribution >= 4 is 11.4 Å². The molecular formula is C13H20N2O2. The number of benzene rings is 1. The third kappa shape index (κ3) is 3.11. The van der Waals surface area contributed by atoms with Crippen LogP contribution >= 0.6 is 0 Å². The van der Waals surface area contributed by atoms with Gasteiger partial charge >= 0.3 is 0 Å². The summed E-state index contributed by atoms with van der Waals surface area (Å²) in [5.74, 6) is 0. The molecule has 0 aliphatic carbocycles. The number of nitrogens with two attached hydrogens (primary N) is 1. The molecule has 0 spiro atoms. The van der Waals surface area contributed by atoms with Gasteiger partial charge in [-0.1, -0.05) is 0 Å². The van der Waals surface area contributed by atoms with Crippen molar-refractivity contribution in [3.05, 3.63) is 23.8 Å². The lowest BCUT2D eigenvalue weighted by Gasteiger charge is -2.32. The van der Waals surface area contributed by atoms with Crippen LogP contribution in [0.2, 0.25) is 0 Å². The van der Waals surface area contributed by atoms with E-state index in [1.165, 1.54) is 0 Å². The number of rotatable bonds is 3. The molecule has 1 aromatic carbocycles.